The van der Waals surface area contributed by atoms with Crippen LogP contribution >= 0.6 is 19.8 Å². The van der Waals surface area contributed by atoms with Gasteiger partial charge in [0.15, 0.2) is 0 Å². The van der Waals surface area contributed by atoms with Crippen LogP contribution < -0.4 is 14.9 Å². The van der Waals surface area contributed by atoms with Crippen LogP contribution in [0.3, 0.4) is 0 Å². The third-order valence-corrected chi connectivity index (χ3v) is 19.0. The van der Waals surface area contributed by atoms with Gasteiger partial charge in [-0.05, 0) is 166 Å². The number of hydrogen-bond acceptors (Lipinski definition) is 5. The van der Waals surface area contributed by atoms with Crippen molar-refractivity contribution >= 4 is 60.4 Å². The minimum atomic E-state index is -0.559. The average Bonchev–Trinajstić information content (AvgIpc) is 3.66. The van der Waals surface area contributed by atoms with E-state index >= 15 is 0 Å². The summed E-state index contributed by atoms with van der Waals surface area (Å²) in [5.74, 6) is 0.985. The van der Waals surface area contributed by atoms with E-state index in [1.165, 1.54) is 130 Å². The highest BCUT2D eigenvalue weighted by atomic mass is 32.2. The van der Waals surface area contributed by atoms with Crippen molar-refractivity contribution in [1.82, 2.24) is 0 Å². The first-order valence-electron chi connectivity index (χ1n) is 22.7. The van der Waals surface area contributed by atoms with Crippen molar-refractivity contribution in [3.05, 3.63) is 130 Å². The number of ether oxygens (including phenoxy) is 1. The molecule has 0 N–H and O–H groups in total. The Morgan fingerprint density at radius 1 is 0.763 bits per heavy atom. The molecule has 0 saturated heterocycles. The fourth-order valence-electron chi connectivity index (χ4n) is 11.5. The molecule has 7 heteroatoms. The van der Waals surface area contributed by atoms with Crippen LogP contribution in [0, 0.1) is 19.3 Å². The summed E-state index contributed by atoms with van der Waals surface area (Å²) < 4.78 is 8.64. The molecule has 4 aliphatic rings. The predicted molar refractivity (Wildman–Crippen MR) is 254 cm³/mol. The molecule has 1 unspecified atom stereocenters. The van der Waals surface area contributed by atoms with E-state index in [1.807, 2.05) is 11.8 Å². The van der Waals surface area contributed by atoms with E-state index in [1.54, 1.807) is 7.11 Å². The van der Waals surface area contributed by atoms with E-state index in [2.05, 4.69) is 127 Å². The van der Waals surface area contributed by atoms with Gasteiger partial charge >= 0.3 is 13.0 Å². The van der Waals surface area contributed by atoms with Crippen molar-refractivity contribution in [2.24, 2.45) is 5.41 Å². The minimum absolute atomic E-state index is 0.0384. The fourth-order valence-corrected chi connectivity index (χ4v) is 16.4. The van der Waals surface area contributed by atoms with Gasteiger partial charge in [0.25, 0.3) is 0 Å². The fraction of sp³-hybridized carbons (Fsp3) is 0.442. The van der Waals surface area contributed by atoms with Crippen molar-refractivity contribution < 1.29 is 9.53 Å². The Morgan fingerprint density at radius 3 is 1.98 bits per heavy atom. The summed E-state index contributed by atoms with van der Waals surface area (Å²) in [7, 11) is 1.03. The average molecular weight is 821 g/mol. The maximum absolute atomic E-state index is 13.6. The van der Waals surface area contributed by atoms with E-state index in [9.17, 15) is 4.79 Å². The van der Waals surface area contributed by atoms with Crippen molar-refractivity contribution in [2.45, 2.75) is 133 Å². The lowest BCUT2D eigenvalue weighted by molar-refractivity contribution is -0.151. The molecule has 1 heterocycles. The third kappa shape index (κ3) is 7.87. The van der Waals surface area contributed by atoms with Crippen LogP contribution in [0.1, 0.15) is 111 Å². The number of rotatable bonds is 12. The first-order chi connectivity index (χ1) is 28.9. The maximum Gasteiger partial charge on any atom is 0.415 e. The molecule has 306 valence electrons. The molecule has 0 bridgehead atoms. The lowest BCUT2D eigenvalue weighted by atomic mass is 9.58. The molecule has 3 aliphatic carbocycles. The lowest BCUT2D eigenvalue weighted by Crippen LogP contribution is -2.63. The first kappa shape index (κ1) is 40.7. The molecule has 2 fully saturated rings. The zero-order valence-corrected chi connectivity index (χ0v) is 37.6. The van der Waals surface area contributed by atoms with Crippen LogP contribution in [-0.2, 0) is 35.3 Å². The highest BCUT2D eigenvalue weighted by molar-refractivity contribution is 7.99. The Balaban J connectivity index is 1.29. The molecule has 9 rings (SSSR count). The second-order valence-electron chi connectivity index (χ2n) is 18.2. The van der Waals surface area contributed by atoms with E-state index in [4.69, 9.17) is 4.74 Å². The number of anilines is 2. The zero-order chi connectivity index (χ0) is 40.5. The van der Waals surface area contributed by atoms with E-state index in [0.29, 0.717) is 0 Å². The summed E-state index contributed by atoms with van der Waals surface area (Å²) in [4.78, 5) is 17.8. The number of benzene rings is 5. The molecule has 1 atom stereocenters. The topological polar surface area (TPSA) is 32.8 Å². The van der Waals surface area contributed by atoms with Gasteiger partial charge in [-0.25, -0.2) is 0 Å². The van der Waals surface area contributed by atoms with Gasteiger partial charge in [-0.2, -0.15) is 0 Å². The molecule has 0 spiro atoms. The van der Waals surface area contributed by atoms with E-state index in [0.717, 1.165) is 49.3 Å². The molecule has 1 aliphatic heterocycles. The summed E-state index contributed by atoms with van der Waals surface area (Å²) in [6, 6.07) is 36.4. The van der Waals surface area contributed by atoms with Crippen molar-refractivity contribution in [3.63, 3.8) is 0 Å². The van der Waals surface area contributed by atoms with Crippen LogP contribution in [-0.4, -0.2) is 37.1 Å². The van der Waals surface area contributed by atoms with Crippen LogP contribution in [0.4, 0.5) is 11.4 Å². The maximum atomic E-state index is 13.6. The van der Waals surface area contributed by atoms with Gasteiger partial charge < -0.3 is 14.1 Å². The molecule has 0 radical (unpaired) electrons. The Hall–Kier alpha value is -3.73. The number of fused-ring (bicyclic) bond motifs is 1. The minimum Gasteiger partial charge on any atom is -0.469 e. The molecule has 0 aromatic heterocycles. The van der Waals surface area contributed by atoms with Crippen LogP contribution in [0.15, 0.2) is 102 Å². The molecule has 59 heavy (non-hydrogen) atoms. The number of carbonyl (C=O) groups excluding carboxylic acids is 1. The van der Waals surface area contributed by atoms with Gasteiger partial charge in [0.2, 0.25) is 0 Å². The number of nitrogens with zero attached hydrogens (tertiary/aromatic N) is 2. The Morgan fingerprint density at radius 2 is 1.36 bits per heavy atom. The molecular formula is C52H62BN2O2PS. The highest BCUT2D eigenvalue weighted by Crippen LogP contribution is 2.62. The number of hydrogen-bond donors (Lipinski definition) is 0. The van der Waals surface area contributed by atoms with Crippen molar-refractivity contribution in [2.75, 3.05) is 22.3 Å². The predicted octanol–water partition coefficient (Wildman–Crippen LogP) is 12.7. The van der Waals surface area contributed by atoms with Gasteiger partial charge in [0, 0.05) is 28.2 Å². The normalized spacial score (nSPS) is 19.8. The van der Waals surface area contributed by atoms with Crippen LogP contribution in [0.5, 0.6) is 0 Å². The highest BCUT2D eigenvalue weighted by Gasteiger charge is 2.50. The summed E-state index contributed by atoms with van der Waals surface area (Å²) in [5, 5.41) is 2.77. The van der Waals surface area contributed by atoms with Crippen molar-refractivity contribution in [3.8, 4) is 0 Å². The second-order valence-corrected chi connectivity index (χ2v) is 22.0. The quantitative estimate of drug-likeness (QED) is 0.0412. The summed E-state index contributed by atoms with van der Waals surface area (Å²) in [5.41, 5.74) is 13.7. The van der Waals surface area contributed by atoms with Gasteiger partial charge in [0.1, 0.15) is 0 Å². The van der Waals surface area contributed by atoms with E-state index in [-0.39, 0.29) is 13.0 Å². The smallest absolute Gasteiger partial charge is 0.415 e. The molecule has 4 nitrogen and oxygen atoms in total. The number of methoxy groups -OCH3 is 1. The molecule has 5 aromatic carbocycles. The summed E-state index contributed by atoms with van der Waals surface area (Å²) in [6.07, 6.45) is 17.2. The summed E-state index contributed by atoms with van der Waals surface area (Å²) >= 11 is 1.98. The molecule has 2 saturated carbocycles. The first-order valence-corrected chi connectivity index (χ1v) is 25.1. The Bertz CT molecular complexity index is 2250. The number of thioether (sulfide) groups is 1. The monoisotopic (exact) mass is 820 g/mol. The van der Waals surface area contributed by atoms with Crippen molar-refractivity contribution in [1.29, 1.82) is 0 Å². The molecule has 5 aromatic rings. The Labute approximate surface area is 359 Å². The second kappa shape index (κ2) is 17.7. The van der Waals surface area contributed by atoms with Gasteiger partial charge in [-0.3, -0.25) is 4.79 Å². The van der Waals surface area contributed by atoms with Crippen LogP contribution in [0.2, 0.25) is 0 Å². The Kier molecular flexibility index (Phi) is 12.2. The summed E-state index contributed by atoms with van der Waals surface area (Å²) in [6.45, 7) is 7.86. The number of carbonyl (C=O) groups is 1. The largest absolute Gasteiger partial charge is 0.469 e. The SMILES string of the molecule is COC(=O)C1(C)Cc2c(C)c(CCCSc3ccccc3)c(B3N(Cc4ccccc4)c4cccc5cccc(c45)N3P(C3CCCCC3)C3CCCCC3)c(C)c2C1. The van der Waals surface area contributed by atoms with Gasteiger partial charge in [-0.1, -0.05) is 111 Å². The zero-order valence-electron chi connectivity index (χ0n) is 35.8. The lowest BCUT2D eigenvalue weighted by Gasteiger charge is -2.54. The molecule has 0 amide bonds. The standard InChI is InChI=1S/C52H62BN2O2PS/c1-37-44(30-19-33-59-43-28-15-8-16-29-43)50(38(2)46-35-52(3,34-45(37)46)51(56)57-4)53-54(36-39-20-9-5-10-21-39)47-31-17-22-40-23-18-32-48(49(40)47)55(53)58(41-24-11-6-12-25-41)42-26-13-7-14-27-42/h5,8-10,15-18,20-23,28-29,31-32,41-42H,6-7,11-14,19,24-27,30,33-36H2,1-4H3. The van der Waals surface area contributed by atoms with Crippen LogP contribution in [0.25, 0.3) is 10.8 Å². The van der Waals surface area contributed by atoms with E-state index < -0.39 is 13.5 Å². The van der Waals surface area contributed by atoms with Gasteiger partial charge in [-0.15, -0.1) is 11.8 Å². The third-order valence-electron chi connectivity index (χ3n) is 14.4. The molecular weight excluding hydrogens is 758 g/mol. The number of esters is 1. The van der Waals surface area contributed by atoms with Gasteiger partial charge in [0.05, 0.1) is 12.5 Å².